The summed E-state index contributed by atoms with van der Waals surface area (Å²) in [7, 11) is 1.68. The number of aromatic nitrogens is 2. The van der Waals surface area contributed by atoms with Crippen LogP contribution in [-0.2, 0) is 13.1 Å². The third-order valence-corrected chi connectivity index (χ3v) is 3.75. The van der Waals surface area contributed by atoms with Crippen LogP contribution in [0.5, 0.6) is 5.75 Å². The molecule has 1 N–H and O–H groups in total. The summed E-state index contributed by atoms with van der Waals surface area (Å²) in [5, 5.41) is 4.21. The van der Waals surface area contributed by atoms with Crippen LogP contribution in [0, 0.1) is 0 Å². The maximum atomic E-state index is 6.07. The molecule has 106 valence electrons. The topological polar surface area (TPSA) is 39.1 Å². The summed E-state index contributed by atoms with van der Waals surface area (Å²) in [5.41, 5.74) is 1.06. The van der Waals surface area contributed by atoms with Gasteiger partial charge in [0.1, 0.15) is 11.6 Å². The highest BCUT2D eigenvalue weighted by Crippen LogP contribution is 2.24. The molecule has 0 bridgehead atoms. The first kappa shape index (κ1) is 13.5. The lowest BCUT2D eigenvalue weighted by molar-refractivity contribution is 0.408. The van der Waals surface area contributed by atoms with E-state index >= 15 is 0 Å². The van der Waals surface area contributed by atoms with Crippen LogP contribution in [0.15, 0.2) is 30.6 Å². The van der Waals surface area contributed by atoms with Crippen molar-refractivity contribution in [3.8, 4) is 5.75 Å². The first-order chi connectivity index (χ1) is 9.76. The minimum Gasteiger partial charge on any atom is -0.496 e. The molecule has 1 heterocycles. The van der Waals surface area contributed by atoms with Gasteiger partial charge in [-0.25, -0.2) is 4.98 Å². The third-order valence-electron chi connectivity index (χ3n) is 3.51. The van der Waals surface area contributed by atoms with E-state index in [0.717, 1.165) is 28.7 Å². The Morgan fingerprint density at radius 1 is 1.45 bits per heavy atom. The van der Waals surface area contributed by atoms with Crippen molar-refractivity contribution in [3.05, 3.63) is 47.0 Å². The van der Waals surface area contributed by atoms with Gasteiger partial charge in [-0.15, -0.1) is 0 Å². The molecule has 0 aliphatic heterocycles. The number of hydrogen-bond donors (Lipinski definition) is 1. The van der Waals surface area contributed by atoms with Gasteiger partial charge >= 0.3 is 0 Å². The first-order valence-corrected chi connectivity index (χ1v) is 7.20. The summed E-state index contributed by atoms with van der Waals surface area (Å²) >= 11 is 6.07. The van der Waals surface area contributed by atoms with Crippen LogP contribution in [0.4, 0.5) is 0 Å². The van der Waals surface area contributed by atoms with E-state index in [1.54, 1.807) is 7.11 Å². The third kappa shape index (κ3) is 3.14. The van der Waals surface area contributed by atoms with Crippen LogP contribution >= 0.6 is 11.6 Å². The number of methoxy groups -OCH3 is 1. The van der Waals surface area contributed by atoms with E-state index in [4.69, 9.17) is 16.3 Å². The first-order valence-electron chi connectivity index (χ1n) is 6.82. The van der Waals surface area contributed by atoms with Gasteiger partial charge in [0.15, 0.2) is 0 Å². The fourth-order valence-electron chi connectivity index (χ4n) is 2.23. The number of nitrogens with one attached hydrogen (secondary N) is 1. The van der Waals surface area contributed by atoms with Crippen molar-refractivity contribution in [3.63, 3.8) is 0 Å². The van der Waals surface area contributed by atoms with Crippen molar-refractivity contribution in [1.29, 1.82) is 0 Å². The molecule has 5 heteroatoms. The van der Waals surface area contributed by atoms with Gasteiger partial charge in [-0.2, -0.15) is 0 Å². The molecule has 1 aliphatic carbocycles. The molecule has 4 nitrogen and oxygen atoms in total. The molecule has 20 heavy (non-hydrogen) atoms. The smallest absolute Gasteiger partial charge is 0.123 e. The van der Waals surface area contributed by atoms with Gasteiger partial charge in [0.25, 0.3) is 0 Å². The van der Waals surface area contributed by atoms with E-state index in [2.05, 4.69) is 14.9 Å². The molecule has 2 aromatic rings. The zero-order valence-electron chi connectivity index (χ0n) is 11.5. The van der Waals surface area contributed by atoms with Gasteiger partial charge in [-0.1, -0.05) is 11.6 Å². The standard InChI is InChI=1S/C15H18ClN3O/c1-20-14-5-2-12(16)8-11(14)10-19-7-6-17-15(19)9-18-13-3-4-13/h2,5-8,13,18H,3-4,9-10H2,1H3. The van der Waals surface area contributed by atoms with Gasteiger partial charge in [-0.3, -0.25) is 0 Å². The molecule has 1 aromatic carbocycles. The maximum absolute atomic E-state index is 6.07. The molecule has 3 rings (SSSR count). The number of nitrogens with zero attached hydrogens (tertiary/aromatic N) is 2. The highest BCUT2D eigenvalue weighted by atomic mass is 35.5. The van der Waals surface area contributed by atoms with E-state index in [1.165, 1.54) is 12.8 Å². The predicted octanol–water partition coefficient (Wildman–Crippen LogP) is 2.85. The molecule has 0 atom stereocenters. The Morgan fingerprint density at radius 2 is 2.30 bits per heavy atom. The van der Waals surface area contributed by atoms with Gasteiger partial charge in [-0.05, 0) is 31.0 Å². The summed E-state index contributed by atoms with van der Waals surface area (Å²) in [4.78, 5) is 4.42. The molecule has 0 radical (unpaired) electrons. The predicted molar refractivity (Wildman–Crippen MR) is 79.2 cm³/mol. The van der Waals surface area contributed by atoms with E-state index in [0.29, 0.717) is 12.6 Å². The lowest BCUT2D eigenvalue weighted by Crippen LogP contribution is -2.19. The molecular formula is C15H18ClN3O. The zero-order chi connectivity index (χ0) is 13.9. The fraction of sp³-hybridized carbons (Fsp3) is 0.400. The van der Waals surface area contributed by atoms with E-state index < -0.39 is 0 Å². The molecule has 1 fully saturated rings. The highest BCUT2D eigenvalue weighted by Gasteiger charge is 2.20. The lowest BCUT2D eigenvalue weighted by Gasteiger charge is -2.12. The number of benzene rings is 1. The van der Waals surface area contributed by atoms with Gasteiger partial charge in [0, 0.05) is 29.0 Å². The van der Waals surface area contributed by atoms with E-state index in [9.17, 15) is 0 Å². The van der Waals surface area contributed by atoms with Crippen molar-refractivity contribution < 1.29 is 4.74 Å². The Labute approximate surface area is 123 Å². The highest BCUT2D eigenvalue weighted by molar-refractivity contribution is 6.30. The van der Waals surface area contributed by atoms with Gasteiger partial charge < -0.3 is 14.6 Å². The summed E-state index contributed by atoms with van der Waals surface area (Å²) in [5.74, 6) is 1.89. The number of halogens is 1. The molecule has 1 aliphatic rings. The van der Waals surface area contributed by atoms with Crippen LogP contribution in [0.25, 0.3) is 0 Å². The largest absolute Gasteiger partial charge is 0.496 e. The minimum absolute atomic E-state index is 0.681. The quantitative estimate of drug-likeness (QED) is 0.889. The lowest BCUT2D eigenvalue weighted by atomic mass is 10.2. The molecule has 0 unspecified atom stereocenters. The Hall–Kier alpha value is -1.52. The van der Waals surface area contributed by atoms with Crippen molar-refractivity contribution in [2.24, 2.45) is 0 Å². The Kier molecular flexibility index (Phi) is 3.94. The Balaban J connectivity index is 1.76. The molecule has 0 saturated heterocycles. The van der Waals surface area contributed by atoms with E-state index in [1.807, 2.05) is 30.6 Å². The number of rotatable bonds is 6. The monoisotopic (exact) mass is 291 g/mol. The van der Waals surface area contributed by atoms with Crippen LogP contribution in [0.2, 0.25) is 5.02 Å². The van der Waals surface area contributed by atoms with Crippen LogP contribution in [0.3, 0.4) is 0 Å². The summed E-state index contributed by atoms with van der Waals surface area (Å²) in [6.45, 7) is 1.52. The average molecular weight is 292 g/mol. The summed E-state index contributed by atoms with van der Waals surface area (Å²) in [6.07, 6.45) is 6.39. The minimum atomic E-state index is 0.681. The van der Waals surface area contributed by atoms with Crippen molar-refractivity contribution in [1.82, 2.24) is 14.9 Å². The number of ether oxygens (including phenoxy) is 1. The summed E-state index contributed by atoms with van der Waals surface area (Å²) in [6, 6.07) is 6.36. The summed E-state index contributed by atoms with van der Waals surface area (Å²) < 4.78 is 7.52. The Morgan fingerprint density at radius 3 is 3.05 bits per heavy atom. The second kappa shape index (κ2) is 5.85. The fourth-order valence-corrected chi connectivity index (χ4v) is 2.42. The van der Waals surface area contributed by atoms with Crippen LogP contribution in [0.1, 0.15) is 24.2 Å². The Bertz CT molecular complexity index is 593. The molecule has 0 spiro atoms. The number of hydrogen-bond acceptors (Lipinski definition) is 3. The second-order valence-corrected chi connectivity index (χ2v) is 5.52. The van der Waals surface area contributed by atoms with E-state index in [-0.39, 0.29) is 0 Å². The normalized spacial score (nSPS) is 14.5. The SMILES string of the molecule is COc1ccc(Cl)cc1Cn1ccnc1CNC1CC1. The molecule has 0 amide bonds. The average Bonchev–Trinajstić information content (AvgIpc) is 3.17. The van der Waals surface area contributed by atoms with Crippen LogP contribution < -0.4 is 10.1 Å². The van der Waals surface area contributed by atoms with Gasteiger partial charge in [0.2, 0.25) is 0 Å². The maximum Gasteiger partial charge on any atom is 0.123 e. The van der Waals surface area contributed by atoms with Crippen LogP contribution in [-0.4, -0.2) is 22.7 Å². The second-order valence-electron chi connectivity index (χ2n) is 5.08. The molecular weight excluding hydrogens is 274 g/mol. The van der Waals surface area contributed by atoms with Crippen molar-refractivity contribution >= 4 is 11.6 Å². The molecule has 1 aromatic heterocycles. The van der Waals surface area contributed by atoms with Gasteiger partial charge in [0.05, 0.1) is 20.2 Å². The van der Waals surface area contributed by atoms with Crippen molar-refractivity contribution in [2.75, 3.05) is 7.11 Å². The number of imidazole rings is 1. The zero-order valence-corrected chi connectivity index (χ0v) is 12.2. The molecule has 1 saturated carbocycles. The van der Waals surface area contributed by atoms with Crippen molar-refractivity contribution in [2.45, 2.75) is 32.0 Å².